The van der Waals surface area contributed by atoms with E-state index in [9.17, 15) is 0 Å². The molecular formula is C15H18N2O. The number of hydrogen-bond acceptors (Lipinski definition) is 3. The fraction of sp³-hybridized carbons (Fsp3) is 0.267. The van der Waals surface area contributed by atoms with Crippen LogP contribution in [-0.4, -0.2) is 18.1 Å². The molecule has 0 aliphatic carbocycles. The smallest absolute Gasteiger partial charge is 0.137 e. The highest BCUT2D eigenvalue weighted by Crippen LogP contribution is 2.20. The van der Waals surface area contributed by atoms with E-state index in [0.717, 1.165) is 23.4 Å². The van der Waals surface area contributed by atoms with Gasteiger partial charge in [0.05, 0.1) is 18.5 Å². The Morgan fingerprint density at radius 3 is 2.78 bits per heavy atom. The molecule has 94 valence electrons. The number of ether oxygens (including phenoxy) is 1. The molecule has 0 fully saturated rings. The van der Waals surface area contributed by atoms with Gasteiger partial charge in [0.15, 0.2) is 0 Å². The van der Waals surface area contributed by atoms with Crippen LogP contribution in [0.3, 0.4) is 0 Å². The number of nitrogens with zero attached hydrogens (tertiary/aromatic N) is 1. The molecule has 2 aromatic rings. The fourth-order valence-corrected chi connectivity index (χ4v) is 1.86. The maximum atomic E-state index is 5.57. The molecule has 0 spiro atoms. The molecule has 0 aliphatic heterocycles. The number of benzene rings is 1. The fourth-order valence-electron chi connectivity index (χ4n) is 1.86. The number of rotatable bonds is 5. The molecule has 1 heterocycles. The van der Waals surface area contributed by atoms with Crippen LogP contribution in [0.5, 0.6) is 5.75 Å². The molecule has 0 unspecified atom stereocenters. The van der Waals surface area contributed by atoms with Gasteiger partial charge in [0.25, 0.3) is 0 Å². The van der Waals surface area contributed by atoms with E-state index in [0.29, 0.717) is 13.2 Å². The van der Waals surface area contributed by atoms with Gasteiger partial charge in [-0.2, -0.15) is 0 Å². The maximum absolute atomic E-state index is 5.57. The van der Waals surface area contributed by atoms with Gasteiger partial charge in [0.1, 0.15) is 5.75 Å². The summed E-state index contributed by atoms with van der Waals surface area (Å²) in [6, 6.07) is 12.2. The first-order valence-electron chi connectivity index (χ1n) is 6.21. The Morgan fingerprint density at radius 2 is 2.11 bits per heavy atom. The number of aromatic nitrogens is 1. The lowest BCUT2D eigenvalue weighted by Gasteiger charge is -2.06. The van der Waals surface area contributed by atoms with Gasteiger partial charge < -0.3 is 10.5 Å². The zero-order valence-corrected chi connectivity index (χ0v) is 10.6. The summed E-state index contributed by atoms with van der Waals surface area (Å²) in [4.78, 5) is 4.41. The van der Waals surface area contributed by atoms with Crippen molar-refractivity contribution in [1.29, 1.82) is 0 Å². The van der Waals surface area contributed by atoms with E-state index in [1.165, 1.54) is 5.56 Å². The van der Waals surface area contributed by atoms with Crippen molar-refractivity contribution in [1.82, 2.24) is 4.98 Å². The van der Waals surface area contributed by atoms with Gasteiger partial charge >= 0.3 is 0 Å². The van der Waals surface area contributed by atoms with Crippen LogP contribution < -0.4 is 10.5 Å². The molecule has 0 saturated carbocycles. The van der Waals surface area contributed by atoms with E-state index in [2.05, 4.69) is 23.2 Å². The van der Waals surface area contributed by atoms with Crippen molar-refractivity contribution in [3.63, 3.8) is 0 Å². The summed E-state index contributed by atoms with van der Waals surface area (Å²) in [5.74, 6) is 0.805. The standard InChI is InChI=1S/C15H18N2O/c1-2-18-14-6-7-15(17-11-14)13-5-3-4-12(10-13)8-9-16/h3-7,10-11H,2,8-9,16H2,1H3. The Hall–Kier alpha value is -1.87. The molecular weight excluding hydrogens is 224 g/mol. The second kappa shape index (κ2) is 6.17. The number of nitrogens with two attached hydrogens (primary N) is 1. The molecule has 0 radical (unpaired) electrons. The largest absolute Gasteiger partial charge is 0.492 e. The molecule has 18 heavy (non-hydrogen) atoms. The van der Waals surface area contributed by atoms with Gasteiger partial charge in [0, 0.05) is 5.56 Å². The van der Waals surface area contributed by atoms with Crippen molar-refractivity contribution >= 4 is 0 Å². The van der Waals surface area contributed by atoms with Crippen LogP contribution in [-0.2, 0) is 6.42 Å². The van der Waals surface area contributed by atoms with Gasteiger partial charge in [-0.15, -0.1) is 0 Å². The molecule has 0 bridgehead atoms. The highest BCUT2D eigenvalue weighted by Gasteiger charge is 2.01. The van der Waals surface area contributed by atoms with E-state index in [4.69, 9.17) is 10.5 Å². The second-order valence-corrected chi connectivity index (χ2v) is 4.05. The molecule has 0 aliphatic rings. The third-order valence-corrected chi connectivity index (χ3v) is 2.70. The summed E-state index contributed by atoms with van der Waals surface area (Å²) in [5, 5.41) is 0. The monoisotopic (exact) mass is 242 g/mol. The van der Waals surface area contributed by atoms with Crippen LogP contribution in [0, 0.1) is 0 Å². The zero-order valence-electron chi connectivity index (χ0n) is 10.6. The molecule has 2 N–H and O–H groups in total. The van der Waals surface area contributed by atoms with Gasteiger partial charge in [0.2, 0.25) is 0 Å². The average Bonchev–Trinajstić information content (AvgIpc) is 2.41. The van der Waals surface area contributed by atoms with Crippen molar-refractivity contribution in [2.45, 2.75) is 13.3 Å². The Kier molecular flexibility index (Phi) is 4.31. The van der Waals surface area contributed by atoms with Crippen LogP contribution in [0.1, 0.15) is 12.5 Å². The van der Waals surface area contributed by atoms with Crippen LogP contribution in [0.15, 0.2) is 42.6 Å². The van der Waals surface area contributed by atoms with Crippen molar-refractivity contribution in [3.8, 4) is 17.0 Å². The van der Waals surface area contributed by atoms with Gasteiger partial charge in [-0.1, -0.05) is 18.2 Å². The summed E-state index contributed by atoms with van der Waals surface area (Å²) in [6.07, 6.45) is 2.65. The SMILES string of the molecule is CCOc1ccc(-c2cccc(CCN)c2)nc1. The zero-order chi connectivity index (χ0) is 12.8. The first-order chi connectivity index (χ1) is 8.83. The quantitative estimate of drug-likeness (QED) is 0.876. The summed E-state index contributed by atoms with van der Waals surface area (Å²) in [7, 11) is 0. The van der Waals surface area contributed by atoms with Gasteiger partial charge in [-0.05, 0) is 43.7 Å². The number of pyridine rings is 1. The van der Waals surface area contributed by atoms with Gasteiger partial charge in [-0.25, -0.2) is 0 Å². The predicted molar refractivity (Wildman–Crippen MR) is 73.6 cm³/mol. The summed E-state index contributed by atoms with van der Waals surface area (Å²) >= 11 is 0. The Bertz CT molecular complexity index is 494. The van der Waals surface area contributed by atoms with E-state index >= 15 is 0 Å². The average molecular weight is 242 g/mol. The van der Waals surface area contributed by atoms with Crippen LogP contribution in [0.2, 0.25) is 0 Å². The Labute approximate surface area is 108 Å². The Balaban J connectivity index is 2.22. The topological polar surface area (TPSA) is 48.1 Å². The Morgan fingerprint density at radius 1 is 1.22 bits per heavy atom. The highest BCUT2D eigenvalue weighted by atomic mass is 16.5. The molecule has 3 heteroatoms. The molecule has 2 rings (SSSR count). The van der Waals surface area contributed by atoms with Crippen molar-refractivity contribution in [3.05, 3.63) is 48.2 Å². The summed E-state index contributed by atoms with van der Waals surface area (Å²) in [5.41, 5.74) is 8.88. The van der Waals surface area contributed by atoms with Crippen molar-refractivity contribution in [2.24, 2.45) is 5.73 Å². The van der Waals surface area contributed by atoms with E-state index in [-0.39, 0.29) is 0 Å². The first-order valence-corrected chi connectivity index (χ1v) is 6.21. The summed E-state index contributed by atoms with van der Waals surface area (Å²) < 4.78 is 5.38. The lowest BCUT2D eigenvalue weighted by Crippen LogP contribution is -2.02. The predicted octanol–water partition coefficient (Wildman–Crippen LogP) is 2.65. The first kappa shape index (κ1) is 12.6. The van der Waals surface area contributed by atoms with Crippen molar-refractivity contribution < 1.29 is 4.74 Å². The lowest BCUT2D eigenvalue weighted by atomic mass is 10.1. The third kappa shape index (κ3) is 3.08. The highest BCUT2D eigenvalue weighted by molar-refractivity contribution is 5.60. The molecule has 1 aromatic carbocycles. The molecule has 3 nitrogen and oxygen atoms in total. The third-order valence-electron chi connectivity index (χ3n) is 2.70. The molecule has 0 saturated heterocycles. The minimum atomic E-state index is 0.660. The molecule has 1 aromatic heterocycles. The van der Waals surface area contributed by atoms with Crippen LogP contribution in [0.25, 0.3) is 11.3 Å². The maximum Gasteiger partial charge on any atom is 0.137 e. The van der Waals surface area contributed by atoms with Gasteiger partial charge in [-0.3, -0.25) is 4.98 Å². The van der Waals surface area contributed by atoms with E-state index in [1.54, 1.807) is 6.20 Å². The van der Waals surface area contributed by atoms with E-state index < -0.39 is 0 Å². The number of hydrogen-bond donors (Lipinski definition) is 1. The lowest BCUT2D eigenvalue weighted by molar-refractivity contribution is 0.339. The molecule has 0 amide bonds. The summed E-state index contributed by atoms with van der Waals surface area (Å²) in [6.45, 7) is 3.29. The second-order valence-electron chi connectivity index (χ2n) is 4.05. The van der Waals surface area contributed by atoms with Crippen molar-refractivity contribution in [2.75, 3.05) is 13.2 Å². The molecule has 0 atom stereocenters. The minimum absolute atomic E-state index is 0.660. The van der Waals surface area contributed by atoms with Crippen LogP contribution in [0.4, 0.5) is 0 Å². The van der Waals surface area contributed by atoms with Crippen LogP contribution >= 0.6 is 0 Å². The minimum Gasteiger partial charge on any atom is -0.492 e. The van der Waals surface area contributed by atoms with E-state index in [1.807, 2.05) is 25.1 Å². The normalized spacial score (nSPS) is 10.3.